The van der Waals surface area contributed by atoms with Gasteiger partial charge in [0.05, 0.1) is 31.3 Å². The summed E-state index contributed by atoms with van der Waals surface area (Å²) in [5.74, 6) is 1.61. The van der Waals surface area contributed by atoms with Gasteiger partial charge in [-0.05, 0) is 30.7 Å². The summed E-state index contributed by atoms with van der Waals surface area (Å²) in [5, 5.41) is 5.86. The molecule has 8 nitrogen and oxygen atoms in total. The highest BCUT2D eigenvalue weighted by Crippen LogP contribution is 2.29. The summed E-state index contributed by atoms with van der Waals surface area (Å²) in [4.78, 5) is 16.6. The summed E-state index contributed by atoms with van der Waals surface area (Å²) in [6.45, 7) is 0. The first-order valence-electron chi connectivity index (χ1n) is 8.36. The Kier molecular flexibility index (Phi) is 5.50. The largest absolute Gasteiger partial charge is 0.493 e. The van der Waals surface area contributed by atoms with E-state index in [9.17, 15) is 13.2 Å². The van der Waals surface area contributed by atoms with Gasteiger partial charge in [0.2, 0.25) is 0 Å². The van der Waals surface area contributed by atoms with E-state index in [1.54, 1.807) is 37.4 Å². The maximum Gasteiger partial charge on any atom is 0.257 e. The Morgan fingerprint density at radius 2 is 1.93 bits per heavy atom. The first-order chi connectivity index (χ1) is 12.9. The number of anilines is 2. The normalized spacial score (nSPS) is 17.9. The van der Waals surface area contributed by atoms with Crippen molar-refractivity contribution in [1.82, 2.24) is 4.98 Å². The van der Waals surface area contributed by atoms with Crippen LogP contribution in [0.25, 0.3) is 0 Å². The first-order valence-corrected chi connectivity index (χ1v) is 10.2. The SMILES string of the molecule is COc1ccc(NC(=O)c2ccc(NC3CCS(=O)(=O)C3)nc2)cc1OC. The monoisotopic (exact) mass is 391 g/mol. The van der Waals surface area contributed by atoms with Gasteiger partial charge in [0.15, 0.2) is 21.3 Å². The van der Waals surface area contributed by atoms with Gasteiger partial charge in [-0.25, -0.2) is 13.4 Å². The number of carbonyl (C=O) groups is 1. The van der Waals surface area contributed by atoms with Crippen molar-refractivity contribution >= 4 is 27.2 Å². The Labute approximate surface area is 157 Å². The quantitative estimate of drug-likeness (QED) is 0.775. The number of hydrogen-bond donors (Lipinski definition) is 2. The Bertz CT molecular complexity index is 929. The molecule has 1 fully saturated rings. The molecule has 27 heavy (non-hydrogen) atoms. The second kappa shape index (κ2) is 7.83. The summed E-state index contributed by atoms with van der Waals surface area (Å²) in [6.07, 6.45) is 2.01. The highest BCUT2D eigenvalue weighted by molar-refractivity contribution is 7.91. The maximum atomic E-state index is 12.4. The van der Waals surface area contributed by atoms with Crippen LogP contribution in [0.2, 0.25) is 0 Å². The van der Waals surface area contributed by atoms with Crippen molar-refractivity contribution in [2.45, 2.75) is 12.5 Å². The third kappa shape index (κ3) is 4.68. The molecule has 0 saturated carbocycles. The predicted octanol–water partition coefficient (Wildman–Crippen LogP) is 1.95. The van der Waals surface area contributed by atoms with Gasteiger partial charge in [-0.1, -0.05) is 0 Å². The molecule has 1 aromatic heterocycles. The summed E-state index contributed by atoms with van der Waals surface area (Å²) >= 11 is 0. The van der Waals surface area contributed by atoms with E-state index >= 15 is 0 Å². The van der Waals surface area contributed by atoms with E-state index in [-0.39, 0.29) is 23.5 Å². The van der Waals surface area contributed by atoms with Gasteiger partial charge in [-0.3, -0.25) is 4.79 Å². The zero-order valence-electron chi connectivity index (χ0n) is 15.1. The van der Waals surface area contributed by atoms with E-state index in [4.69, 9.17) is 9.47 Å². The van der Waals surface area contributed by atoms with Crippen LogP contribution in [-0.4, -0.2) is 51.1 Å². The van der Waals surface area contributed by atoms with Crippen molar-refractivity contribution in [3.05, 3.63) is 42.1 Å². The van der Waals surface area contributed by atoms with Gasteiger partial charge in [-0.2, -0.15) is 0 Å². The van der Waals surface area contributed by atoms with Crippen LogP contribution in [-0.2, 0) is 9.84 Å². The van der Waals surface area contributed by atoms with Crippen molar-refractivity contribution in [3.8, 4) is 11.5 Å². The number of carbonyl (C=O) groups excluding carboxylic acids is 1. The second-order valence-corrected chi connectivity index (χ2v) is 8.43. The number of benzene rings is 1. The van der Waals surface area contributed by atoms with Gasteiger partial charge in [0.1, 0.15) is 5.82 Å². The van der Waals surface area contributed by atoms with Crippen LogP contribution < -0.4 is 20.1 Å². The van der Waals surface area contributed by atoms with Crippen molar-refractivity contribution in [2.24, 2.45) is 0 Å². The predicted molar refractivity (Wildman–Crippen MR) is 102 cm³/mol. The molecular weight excluding hydrogens is 370 g/mol. The third-order valence-electron chi connectivity index (χ3n) is 4.25. The number of amides is 1. The maximum absolute atomic E-state index is 12.4. The lowest BCUT2D eigenvalue weighted by Crippen LogP contribution is -2.21. The van der Waals surface area contributed by atoms with E-state index in [2.05, 4.69) is 15.6 Å². The molecular formula is C18H21N3O5S. The van der Waals surface area contributed by atoms with Crippen LogP contribution >= 0.6 is 0 Å². The van der Waals surface area contributed by atoms with Crippen LogP contribution in [0.5, 0.6) is 11.5 Å². The molecule has 9 heteroatoms. The highest BCUT2D eigenvalue weighted by atomic mass is 32.2. The number of pyridine rings is 1. The van der Waals surface area contributed by atoms with Crippen LogP contribution in [0, 0.1) is 0 Å². The lowest BCUT2D eigenvalue weighted by Gasteiger charge is -2.12. The van der Waals surface area contributed by atoms with E-state index in [1.807, 2.05) is 0 Å². The molecule has 1 aliphatic rings. The van der Waals surface area contributed by atoms with E-state index in [0.29, 0.717) is 35.0 Å². The molecule has 1 amide bonds. The number of sulfone groups is 1. The minimum atomic E-state index is -2.96. The standard InChI is InChI=1S/C18H21N3O5S/c1-25-15-5-4-13(9-16(15)26-2)21-18(22)12-3-6-17(19-10-12)20-14-7-8-27(23,24)11-14/h3-6,9-10,14H,7-8,11H2,1-2H3,(H,19,20)(H,21,22). The van der Waals surface area contributed by atoms with E-state index < -0.39 is 9.84 Å². The molecule has 2 aromatic rings. The van der Waals surface area contributed by atoms with Crippen LogP contribution in [0.4, 0.5) is 11.5 Å². The molecule has 1 aliphatic heterocycles. The van der Waals surface area contributed by atoms with Gasteiger partial charge < -0.3 is 20.1 Å². The van der Waals surface area contributed by atoms with Crippen molar-refractivity contribution in [2.75, 3.05) is 36.4 Å². The number of hydrogen-bond acceptors (Lipinski definition) is 7. The number of aromatic nitrogens is 1. The van der Waals surface area contributed by atoms with Crippen molar-refractivity contribution in [1.29, 1.82) is 0 Å². The van der Waals surface area contributed by atoms with Crippen LogP contribution in [0.15, 0.2) is 36.5 Å². The molecule has 0 spiro atoms. The molecule has 0 bridgehead atoms. The van der Waals surface area contributed by atoms with E-state index in [0.717, 1.165) is 0 Å². The van der Waals surface area contributed by atoms with Crippen LogP contribution in [0.3, 0.4) is 0 Å². The average molecular weight is 391 g/mol. The fourth-order valence-electron chi connectivity index (χ4n) is 2.85. The topological polar surface area (TPSA) is 107 Å². The number of nitrogens with one attached hydrogen (secondary N) is 2. The Morgan fingerprint density at radius 3 is 2.52 bits per heavy atom. The summed E-state index contributed by atoms with van der Waals surface area (Å²) in [6, 6.07) is 8.23. The molecule has 2 heterocycles. The Hall–Kier alpha value is -2.81. The summed E-state index contributed by atoms with van der Waals surface area (Å²) < 4.78 is 33.4. The Balaban J connectivity index is 1.64. The average Bonchev–Trinajstić information content (AvgIpc) is 3.00. The second-order valence-electron chi connectivity index (χ2n) is 6.20. The first kappa shape index (κ1) is 19.0. The zero-order chi connectivity index (χ0) is 19.4. The molecule has 1 unspecified atom stereocenters. The molecule has 0 radical (unpaired) electrons. The van der Waals surface area contributed by atoms with Gasteiger partial charge in [-0.15, -0.1) is 0 Å². The third-order valence-corrected chi connectivity index (χ3v) is 6.02. The number of methoxy groups -OCH3 is 2. The molecule has 1 saturated heterocycles. The minimum Gasteiger partial charge on any atom is -0.493 e. The lowest BCUT2D eigenvalue weighted by molar-refractivity contribution is 0.102. The lowest BCUT2D eigenvalue weighted by atomic mass is 10.2. The van der Waals surface area contributed by atoms with Crippen molar-refractivity contribution < 1.29 is 22.7 Å². The fraction of sp³-hybridized carbons (Fsp3) is 0.333. The van der Waals surface area contributed by atoms with Gasteiger partial charge in [0, 0.05) is 24.0 Å². The molecule has 1 aromatic carbocycles. The summed E-state index contributed by atoms with van der Waals surface area (Å²) in [7, 11) is 0.106. The smallest absolute Gasteiger partial charge is 0.257 e. The highest BCUT2D eigenvalue weighted by Gasteiger charge is 2.27. The molecule has 2 N–H and O–H groups in total. The molecule has 0 aliphatic carbocycles. The van der Waals surface area contributed by atoms with Gasteiger partial charge in [0.25, 0.3) is 5.91 Å². The zero-order valence-corrected chi connectivity index (χ0v) is 15.9. The van der Waals surface area contributed by atoms with Gasteiger partial charge >= 0.3 is 0 Å². The van der Waals surface area contributed by atoms with Crippen molar-refractivity contribution in [3.63, 3.8) is 0 Å². The molecule has 3 rings (SSSR count). The fourth-order valence-corrected chi connectivity index (χ4v) is 4.52. The van der Waals surface area contributed by atoms with Crippen LogP contribution in [0.1, 0.15) is 16.8 Å². The number of rotatable bonds is 6. The molecule has 144 valence electrons. The summed E-state index contributed by atoms with van der Waals surface area (Å²) in [5.41, 5.74) is 0.949. The number of ether oxygens (including phenoxy) is 2. The Morgan fingerprint density at radius 1 is 1.15 bits per heavy atom. The van der Waals surface area contributed by atoms with E-state index in [1.165, 1.54) is 13.3 Å². The molecule has 1 atom stereocenters. The number of nitrogens with zero attached hydrogens (tertiary/aromatic N) is 1. The minimum absolute atomic E-state index is 0.107.